The maximum atomic E-state index is 9.00. The molecule has 0 fully saturated rings. The van der Waals surface area contributed by atoms with E-state index in [0.717, 1.165) is 13.3 Å². The molecule has 0 saturated carbocycles. The number of rotatable bonds is 4. The first-order valence-corrected chi connectivity index (χ1v) is 9.64. The molecule has 25 heavy (non-hydrogen) atoms. The summed E-state index contributed by atoms with van der Waals surface area (Å²) in [4.78, 5) is 9.00. The van der Waals surface area contributed by atoms with Gasteiger partial charge in [0.05, 0.1) is 0 Å². The molecule has 3 aromatic rings. The molecule has 0 amide bonds. The molecule has 0 aliphatic rings. The highest BCUT2D eigenvalue weighted by molar-refractivity contribution is 7.79. The van der Waals surface area contributed by atoms with Crippen LogP contribution in [0.4, 0.5) is 0 Å². The Labute approximate surface area is 150 Å². The summed E-state index contributed by atoms with van der Waals surface area (Å²) in [5.41, 5.74) is 1.41. The third-order valence-corrected chi connectivity index (χ3v) is 6.03. The van der Waals surface area contributed by atoms with Gasteiger partial charge in [-0.1, -0.05) is 91.9 Å². The van der Waals surface area contributed by atoms with Gasteiger partial charge in [0.15, 0.2) is 0 Å². The van der Waals surface area contributed by atoms with E-state index < -0.39 is 13.9 Å². The lowest BCUT2D eigenvalue weighted by Crippen LogP contribution is -2.20. The van der Waals surface area contributed by atoms with Crippen molar-refractivity contribution in [2.75, 3.05) is 0 Å². The normalized spacial score (nSPS) is 10.0. The summed E-state index contributed by atoms with van der Waals surface area (Å²) in [6, 6.07) is 30.8. The second-order valence-electron chi connectivity index (χ2n) is 5.55. The average Bonchev–Trinajstić information content (AvgIpc) is 2.63. The van der Waals surface area contributed by atoms with Crippen LogP contribution in [0, 0.1) is 0 Å². The van der Waals surface area contributed by atoms with Gasteiger partial charge in [0.1, 0.15) is 0 Å². The van der Waals surface area contributed by atoms with E-state index in [9.17, 15) is 0 Å². The van der Waals surface area contributed by atoms with Crippen molar-refractivity contribution in [3.63, 3.8) is 0 Å². The molecule has 0 aromatic heterocycles. The molecule has 0 unspecified atom stereocenters. The van der Waals surface area contributed by atoms with Crippen LogP contribution in [0.1, 0.15) is 19.4 Å². The number of carbonyl (C=O) groups is 1. The fourth-order valence-corrected chi connectivity index (χ4v) is 4.88. The van der Waals surface area contributed by atoms with Gasteiger partial charge in [0.2, 0.25) is 0 Å². The van der Waals surface area contributed by atoms with Crippen molar-refractivity contribution in [3.8, 4) is 0 Å². The largest absolute Gasteiger partial charge is 0.481 e. The molecule has 3 rings (SSSR count). The predicted octanol–water partition coefficient (Wildman–Crippen LogP) is 4.10. The van der Waals surface area contributed by atoms with Crippen molar-refractivity contribution in [3.05, 3.63) is 90.5 Å². The highest BCUT2D eigenvalue weighted by Gasteiger charge is 2.15. The number of aryl methyl sites for hydroxylation is 1. The van der Waals surface area contributed by atoms with Crippen LogP contribution < -0.4 is 15.9 Å². The fraction of sp³-hybridized carbons (Fsp3) is 0.136. The molecule has 0 heterocycles. The summed E-state index contributed by atoms with van der Waals surface area (Å²) in [5.74, 6) is -0.833. The van der Waals surface area contributed by atoms with E-state index in [0.29, 0.717) is 0 Å². The van der Waals surface area contributed by atoms with E-state index in [4.69, 9.17) is 9.90 Å². The first kappa shape index (κ1) is 18.9. The van der Waals surface area contributed by atoms with Crippen LogP contribution in [-0.4, -0.2) is 11.1 Å². The summed E-state index contributed by atoms with van der Waals surface area (Å²) >= 11 is 0. The lowest BCUT2D eigenvalue weighted by atomic mass is 10.2. The summed E-state index contributed by atoms with van der Waals surface area (Å²) in [6.45, 7) is 3.30. The van der Waals surface area contributed by atoms with Crippen LogP contribution in [0.2, 0.25) is 0 Å². The molecular weight excluding hydrogens is 327 g/mol. The molecule has 3 heteroatoms. The molecule has 0 aliphatic carbocycles. The van der Waals surface area contributed by atoms with Crippen LogP contribution >= 0.6 is 7.92 Å². The van der Waals surface area contributed by atoms with Crippen molar-refractivity contribution in [1.82, 2.24) is 0 Å². The number of carboxylic acid groups (broad SMARTS) is 1. The molecule has 3 aromatic carbocycles. The Balaban J connectivity index is 0.000000511. The highest BCUT2D eigenvalue weighted by atomic mass is 31.1. The van der Waals surface area contributed by atoms with Gasteiger partial charge in [0.25, 0.3) is 5.97 Å². The number of hydrogen-bond acceptors (Lipinski definition) is 1. The SMILES string of the molecule is CC(=O)O.CCc1cccc(P(c2ccccc2)c2ccccc2)c1. The Morgan fingerprint density at radius 1 is 0.800 bits per heavy atom. The van der Waals surface area contributed by atoms with Gasteiger partial charge in [-0.25, -0.2) is 0 Å². The number of hydrogen-bond donors (Lipinski definition) is 1. The Morgan fingerprint density at radius 3 is 1.68 bits per heavy atom. The molecule has 0 spiro atoms. The zero-order valence-corrected chi connectivity index (χ0v) is 15.5. The first-order chi connectivity index (χ1) is 12.1. The third-order valence-electron chi connectivity index (χ3n) is 3.61. The molecular formula is C22H23O2P. The van der Waals surface area contributed by atoms with Crippen LogP contribution in [0.3, 0.4) is 0 Å². The number of carboxylic acids is 1. The Bertz CT molecular complexity index is 742. The monoisotopic (exact) mass is 350 g/mol. The van der Waals surface area contributed by atoms with Crippen LogP contribution in [0.5, 0.6) is 0 Å². The predicted molar refractivity (Wildman–Crippen MR) is 108 cm³/mol. The average molecular weight is 350 g/mol. The van der Waals surface area contributed by atoms with Gasteiger partial charge in [0, 0.05) is 6.92 Å². The number of aliphatic carboxylic acids is 1. The van der Waals surface area contributed by atoms with Crippen molar-refractivity contribution >= 4 is 29.8 Å². The zero-order valence-electron chi connectivity index (χ0n) is 14.6. The topological polar surface area (TPSA) is 37.3 Å². The maximum absolute atomic E-state index is 9.00. The quantitative estimate of drug-likeness (QED) is 0.720. The Morgan fingerprint density at radius 2 is 1.24 bits per heavy atom. The molecule has 0 saturated heterocycles. The standard InChI is InChI=1S/C20H19P.C2H4O2/c1-2-17-10-9-15-20(16-17)21(18-11-5-3-6-12-18)19-13-7-4-8-14-19;1-2(3)4/h3-16H,2H2,1H3;1H3,(H,3,4). The van der Waals surface area contributed by atoms with E-state index in [1.165, 1.54) is 21.5 Å². The molecule has 128 valence electrons. The molecule has 2 nitrogen and oxygen atoms in total. The maximum Gasteiger partial charge on any atom is 0.300 e. The summed E-state index contributed by atoms with van der Waals surface area (Å²) in [6.07, 6.45) is 1.08. The molecule has 1 N–H and O–H groups in total. The number of benzene rings is 3. The molecule has 0 aliphatic heterocycles. The lowest BCUT2D eigenvalue weighted by Gasteiger charge is -2.19. The minimum atomic E-state index is -0.833. The van der Waals surface area contributed by atoms with Crippen molar-refractivity contribution in [2.45, 2.75) is 20.3 Å². The second-order valence-corrected chi connectivity index (χ2v) is 7.77. The summed E-state index contributed by atoms with van der Waals surface area (Å²) in [7, 11) is -0.468. The van der Waals surface area contributed by atoms with E-state index >= 15 is 0 Å². The third kappa shape index (κ3) is 5.85. The minimum Gasteiger partial charge on any atom is -0.481 e. The first-order valence-electron chi connectivity index (χ1n) is 8.30. The van der Waals surface area contributed by atoms with Gasteiger partial charge in [-0.3, -0.25) is 4.79 Å². The van der Waals surface area contributed by atoms with E-state index in [1.807, 2.05) is 0 Å². The van der Waals surface area contributed by atoms with Crippen LogP contribution in [-0.2, 0) is 11.2 Å². The minimum absolute atomic E-state index is 0.468. The van der Waals surface area contributed by atoms with Crippen molar-refractivity contribution in [2.24, 2.45) is 0 Å². The van der Waals surface area contributed by atoms with Crippen LogP contribution in [0.25, 0.3) is 0 Å². The zero-order chi connectivity index (χ0) is 18.1. The van der Waals surface area contributed by atoms with Gasteiger partial charge < -0.3 is 5.11 Å². The van der Waals surface area contributed by atoms with Crippen molar-refractivity contribution < 1.29 is 9.90 Å². The Kier molecular flexibility index (Phi) is 7.37. The van der Waals surface area contributed by atoms with E-state index in [1.54, 1.807) is 0 Å². The Hall–Kier alpha value is -2.44. The lowest BCUT2D eigenvalue weighted by molar-refractivity contribution is -0.134. The smallest absolute Gasteiger partial charge is 0.300 e. The molecule has 0 bridgehead atoms. The van der Waals surface area contributed by atoms with Gasteiger partial charge in [-0.15, -0.1) is 0 Å². The van der Waals surface area contributed by atoms with E-state index in [-0.39, 0.29) is 0 Å². The van der Waals surface area contributed by atoms with Crippen LogP contribution in [0.15, 0.2) is 84.9 Å². The van der Waals surface area contributed by atoms with Gasteiger partial charge in [-0.2, -0.15) is 0 Å². The molecule has 0 atom stereocenters. The van der Waals surface area contributed by atoms with Crippen molar-refractivity contribution in [1.29, 1.82) is 0 Å². The van der Waals surface area contributed by atoms with Gasteiger partial charge >= 0.3 is 0 Å². The highest BCUT2D eigenvalue weighted by Crippen LogP contribution is 2.32. The van der Waals surface area contributed by atoms with Gasteiger partial charge in [-0.05, 0) is 35.8 Å². The molecule has 0 radical (unpaired) electrons. The second kappa shape index (κ2) is 9.76. The fourth-order valence-electron chi connectivity index (χ4n) is 2.52. The van der Waals surface area contributed by atoms with E-state index in [2.05, 4.69) is 91.9 Å². The summed E-state index contributed by atoms with van der Waals surface area (Å²) < 4.78 is 0. The summed E-state index contributed by atoms with van der Waals surface area (Å²) in [5, 5.41) is 11.7.